The molecule has 0 bridgehead atoms. The third kappa shape index (κ3) is 4.05. The molecule has 2 aromatic heterocycles. The largest absolute Gasteiger partial charge is 0.381 e. The summed E-state index contributed by atoms with van der Waals surface area (Å²) in [6, 6.07) is 8.08. The Morgan fingerprint density at radius 1 is 1.21 bits per heavy atom. The fraction of sp³-hybridized carbons (Fsp3) is 0.381. The molecule has 146 valence electrons. The second-order valence-electron chi connectivity index (χ2n) is 7.21. The summed E-state index contributed by atoms with van der Waals surface area (Å²) >= 11 is 0. The number of amides is 1. The maximum Gasteiger partial charge on any atom is 0.272 e. The van der Waals surface area contributed by atoms with E-state index in [0.717, 1.165) is 60.2 Å². The summed E-state index contributed by atoms with van der Waals surface area (Å²) in [5.74, 6) is 0.330. The Balaban J connectivity index is 1.55. The molecule has 3 aromatic rings. The first-order valence-corrected chi connectivity index (χ1v) is 9.67. The number of H-pyrrole nitrogens is 1. The van der Waals surface area contributed by atoms with Crippen molar-refractivity contribution in [2.45, 2.75) is 19.4 Å². The van der Waals surface area contributed by atoms with Gasteiger partial charge in [-0.3, -0.25) is 14.9 Å². The minimum Gasteiger partial charge on any atom is -0.381 e. The second kappa shape index (κ2) is 8.50. The van der Waals surface area contributed by atoms with Crippen LogP contribution in [0.1, 0.15) is 28.9 Å². The molecule has 4 rings (SSSR count). The van der Waals surface area contributed by atoms with E-state index >= 15 is 0 Å². The zero-order valence-corrected chi connectivity index (χ0v) is 16.0. The number of carbonyl (C=O) groups is 1. The number of aromatic amines is 1. The Labute approximate surface area is 163 Å². The predicted molar refractivity (Wildman–Crippen MR) is 108 cm³/mol. The molecule has 1 amide bonds. The third-order valence-corrected chi connectivity index (χ3v) is 5.18. The van der Waals surface area contributed by atoms with Gasteiger partial charge >= 0.3 is 0 Å². The standard InChI is InChI=1S/C21H25N5O2/c1-22-10-15-8-17(13-23-11-15)16-2-3-19-18(9-16)20(26-25-19)21(27)24-12-14-4-6-28-7-5-14/h2-3,8-9,11,13-14,22H,4-7,10,12H2,1H3,(H,24,27)(H,25,26). The number of ether oxygens (including phenoxy) is 1. The van der Waals surface area contributed by atoms with E-state index in [4.69, 9.17) is 4.74 Å². The summed E-state index contributed by atoms with van der Waals surface area (Å²) < 4.78 is 5.38. The number of benzene rings is 1. The number of nitrogens with zero attached hydrogens (tertiary/aromatic N) is 2. The van der Waals surface area contributed by atoms with Crippen LogP contribution in [-0.4, -0.2) is 47.9 Å². The molecule has 0 aliphatic carbocycles. The normalized spacial score (nSPS) is 15.0. The van der Waals surface area contributed by atoms with Gasteiger partial charge in [0.2, 0.25) is 0 Å². The van der Waals surface area contributed by atoms with Crippen molar-refractivity contribution in [2.75, 3.05) is 26.8 Å². The van der Waals surface area contributed by atoms with Crippen molar-refractivity contribution < 1.29 is 9.53 Å². The molecule has 7 heteroatoms. The van der Waals surface area contributed by atoms with Crippen LogP contribution in [0.15, 0.2) is 36.7 Å². The Morgan fingerprint density at radius 3 is 2.89 bits per heavy atom. The highest BCUT2D eigenvalue weighted by Crippen LogP contribution is 2.25. The SMILES string of the molecule is CNCc1cncc(-c2ccc3[nH]nc(C(=O)NCC4CCOCC4)c3c2)c1. The van der Waals surface area contributed by atoms with E-state index in [1.807, 2.05) is 37.6 Å². The minimum atomic E-state index is -0.142. The van der Waals surface area contributed by atoms with Crippen molar-refractivity contribution in [2.24, 2.45) is 5.92 Å². The molecule has 7 nitrogen and oxygen atoms in total. The maximum absolute atomic E-state index is 12.7. The highest BCUT2D eigenvalue weighted by atomic mass is 16.5. The summed E-state index contributed by atoms with van der Waals surface area (Å²) in [7, 11) is 1.91. The molecule has 28 heavy (non-hydrogen) atoms. The van der Waals surface area contributed by atoms with Gasteiger partial charge in [-0.05, 0) is 55.1 Å². The molecule has 1 aliphatic heterocycles. The van der Waals surface area contributed by atoms with Crippen molar-refractivity contribution in [3.8, 4) is 11.1 Å². The van der Waals surface area contributed by atoms with Crippen LogP contribution >= 0.6 is 0 Å². The van der Waals surface area contributed by atoms with Gasteiger partial charge < -0.3 is 15.4 Å². The van der Waals surface area contributed by atoms with E-state index in [1.54, 1.807) is 0 Å². The maximum atomic E-state index is 12.7. The van der Waals surface area contributed by atoms with Crippen LogP contribution in [-0.2, 0) is 11.3 Å². The first-order valence-electron chi connectivity index (χ1n) is 9.67. The summed E-state index contributed by atoms with van der Waals surface area (Å²) in [5.41, 5.74) is 4.42. The van der Waals surface area contributed by atoms with Gasteiger partial charge in [-0.15, -0.1) is 0 Å². The van der Waals surface area contributed by atoms with Crippen LogP contribution in [0.2, 0.25) is 0 Å². The number of nitrogens with one attached hydrogen (secondary N) is 3. The number of hydrogen-bond acceptors (Lipinski definition) is 5. The molecule has 0 spiro atoms. The van der Waals surface area contributed by atoms with Crippen LogP contribution < -0.4 is 10.6 Å². The Kier molecular flexibility index (Phi) is 5.64. The Hall–Kier alpha value is -2.77. The predicted octanol–water partition coefficient (Wildman–Crippen LogP) is 2.50. The Bertz CT molecular complexity index is 962. The number of pyridine rings is 1. The Morgan fingerprint density at radius 2 is 2.07 bits per heavy atom. The molecule has 0 unspecified atom stereocenters. The quantitative estimate of drug-likeness (QED) is 0.612. The summed E-state index contributed by atoms with van der Waals surface area (Å²) in [5, 5.41) is 14.2. The van der Waals surface area contributed by atoms with Crippen LogP contribution in [0.25, 0.3) is 22.0 Å². The molecule has 0 saturated carbocycles. The lowest BCUT2D eigenvalue weighted by molar-refractivity contribution is 0.0642. The van der Waals surface area contributed by atoms with Gasteiger partial charge in [0.05, 0.1) is 5.52 Å². The fourth-order valence-electron chi connectivity index (χ4n) is 3.58. The van der Waals surface area contributed by atoms with Crippen LogP contribution in [0.4, 0.5) is 0 Å². The van der Waals surface area contributed by atoms with E-state index in [-0.39, 0.29) is 5.91 Å². The number of carbonyl (C=O) groups excluding carboxylic acids is 1. The van der Waals surface area contributed by atoms with E-state index in [0.29, 0.717) is 18.2 Å². The van der Waals surface area contributed by atoms with E-state index < -0.39 is 0 Å². The van der Waals surface area contributed by atoms with Crippen LogP contribution in [0, 0.1) is 5.92 Å². The van der Waals surface area contributed by atoms with Gasteiger partial charge in [0.15, 0.2) is 5.69 Å². The van der Waals surface area contributed by atoms with Crippen molar-refractivity contribution >= 4 is 16.8 Å². The zero-order chi connectivity index (χ0) is 19.3. The van der Waals surface area contributed by atoms with Gasteiger partial charge in [0.1, 0.15) is 0 Å². The van der Waals surface area contributed by atoms with Gasteiger partial charge in [-0.2, -0.15) is 5.10 Å². The van der Waals surface area contributed by atoms with Crippen molar-refractivity contribution in [3.63, 3.8) is 0 Å². The lowest BCUT2D eigenvalue weighted by Crippen LogP contribution is -2.32. The van der Waals surface area contributed by atoms with Gasteiger partial charge in [-0.25, -0.2) is 0 Å². The highest BCUT2D eigenvalue weighted by Gasteiger charge is 2.18. The summed E-state index contributed by atoms with van der Waals surface area (Å²) in [4.78, 5) is 17.0. The lowest BCUT2D eigenvalue weighted by atomic mass is 10.0. The summed E-state index contributed by atoms with van der Waals surface area (Å²) in [6.07, 6.45) is 5.67. The van der Waals surface area contributed by atoms with E-state index in [2.05, 4.69) is 31.9 Å². The second-order valence-corrected chi connectivity index (χ2v) is 7.21. The molecule has 1 aromatic carbocycles. The van der Waals surface area contributed by atoms with Crippen LogP contribution in [0.5, 0.6) is 0 Å². The lowest BCUT2D eigenvalue weighted by Gasteiger charge is -2.21. The topological polar surface area (TPSA) is 91.9 Å². The van der Waals surface area contributed by atoms with Crippen molar-refractivity contribution in [1.82, 2.24) is 25.8 Å². The van der Waals surface area contributed by atoms with E-state index in [1.165, 1.54) is 0 Å². The average Bonchev–Trinajstić information content (AvgIpc) is 3.16. The van der Waals surface area contributed by atoms with Crippen molar-refractivity contribution in [3.05, 3.63) is 47.9 Å². The van der Waals surface area contributed by atoms with E-state index in [9.17, 15) is 4.79 Å². The molecular formula is C21H25N5O2. The first kappa shape index (κ1) is 18.6. The van der Waals surface area contributed by atoms with Gasteiger partial charge in [0, 0.05) is 49.6 Å². The number of hydrogen-bond donors (Lipinski definition) is 3. The summed E-state index contributed by atoms with van der Waals surface area (Å²) in [6.45, 7) is 2.96. The molecule has 0 atom stereocenters. The van der Waals surface area contributed by atoms with Crippen LogP contribution in [0.3, 0.4) is 0 Å². The van der Waals surface area contributed by atoms with Crippen molar-refractivity contribution in [1.29, 1.82) is 0 Å². The van der Waals surface area contributed by atoms with Gasteiger partial charge in [0.25, 0.3) is 5.91 Å². The number of fused-ring (bicyclic) bond motifs is 1. The fourth-order valence-corrected chi connectivity index (χ4v) is 3.58. The minimum absolute atomic E-state index is 0.142. The molecule has 3 N–H and O–H groups in total. The average molecular weight is 379 g/mol. The number of rotatable bonds is 6. The third-order valence-electron chi connectivity index (χ3n) is 5.18. The monoisotopic (exact) mass is 379 g/mol. The number of aromatic nitrogens is 3. The smallest absolute Gasteiger partial charge is 0.272 e. The first-order chi connectivity index (χ1) is 13.7. The van der Waals surface area contributed by atoms with Gasteiger partial charge in [-0.1, -0.05) is 6.07 Å². The zero-order valence-electron chi connectivity index (χ0n) is 16.0. The molecule has 1 saturated heterocycles. The molecule has 1 fully saturated rings. The molecule has 3 heterocycles. The molecule has 0 radical (unpaired) electrons. The molecular weight excluding hydrogens is 354 g/mol. The molecule has 1 aliphatic rings. The highest BCUT2D eigenvalue weighted by molar-refractivity contribution is 6.05.